The minimum absolute atomic E-state index is 0.0789. The molecule has 6 heteroatoms. The van der Waals surface area contributed by atoms with Gasteiger partial charge in [-0.05, 0) is 37.8 Å². The third-order valence-electron chi connectivity index (χ3n) is 5.92. The number of allylic oxidation sites excluding steroid dienone is 2. The van der Waals surface area contributed by atoms with Crippen LogP contribution in [0.15, 0.2) is 40.7 Å². The van der Waals surface area contributed by atoms with E-state index in [-0.39, 0.29) is 24.1 Å². The topological polar surface area (TPSA) is 45.1 Å². The van der Waals surface area contributed by atoms with Gasteiger partial charge >= 0.3 is 0 Å². The van der Waals surface area contributed by atoms with Crippen LogP contribution < -0.4 is 0 Å². The highest BCUT2D eigenvalue weighted by Crippen LogP contribution is 2.26. The molecule has 2 heterocycles. The molecule has 146 valence electrons. The minimum Gasteiger partial charge on any atom is -0.349 e. The molecule has 1 saturated carbocycles. The van der Waals surface area contributed by atoms with Crippen molar-refractivity contribution in [3.63, 3.8) is 0 Å². The molecule has 2 fully saturated rings. The van der Waals surface area contributed by atoms with Gasteiger partial charge in [0.05, 0.1) is 11.7 Å². The Hall–Kier alpha value is -1.79. The summed E-state index contributed by atoms with van der Waals surface area (Å²) < 4.78 is 18.9. The van der Waals surface area contributed by atoms with Gasteiger partial charge in [-0.3, -0.25) is 14.7 Å². The van der Waals surface area contributed by atoms with Gasteiger partial charge in [0.25, 0.3) is 5.91 Å². The Morgan fingerprint density at radius 2 is 2.00 bits per heavy atom. The largest absolute Gasteiger partial charge is 0.349 e. The Morgan fingerprint density at radius 3 is 2.67 bits per heavy atom. The third-order valence-corrected chi connectivity index (χ3v) is 5.92. The molecule has 0 bridgehead atoms. The van der Waals surface area contributed by atoms with Crippen LogP contribution >= 0.6 is 0 Å². The summed E-state index contributed by atoms with van der Waals surface area (Å²) in [6, 6.07) is 0.741. The third kappa shape index (κ3) is 4.55. The summed E-state index contributed by atoms with van der Waals surface area (Å²) in [6.45, 7) is 3.69. The predicted molar refractivity (Wildman–Crippen MR) is 103 cm³/mol. The second kappa shape index (κ2) is 8.48. The van der Waals surface area contributed by atoms with Crippen molar-refractivity contribution >= 4 is 12.1 Å². The number of carbonyl (C=O) groups excluding carboxylic acids is 1. The number of halogens is 1. The van der Waals surface area contributed by atoms with Gasteiger partial charge in [-0.1, -0.05) is 18.6 Å². The van der Waals surface area contributed by atoms with Crippen LogP contribution in [0.25, 0.3) is 0 Å². The van der Waals surface area contributed by atoms with Crippen LogP contribution in [-0.2, 0) is 9.53 Å². The van der Waals surface area contributed by atoms with Gasteiger partial charge < -0.3 is 9.64 Å². The summed E-state index contributed by atoms with van der Waals surface area (Å²) >= 11 is 0. The molecule has 27 heavy (non-hydrogen) atoms. The Kier molecular flexibility index (Phi) is 5.83. The molecule has 0 radical (unpaired) electrons. The fourth-order valence-electron chi connectivity index (χ4n) is 4.06. The van der Waals surface area contributed by atoms with Crippen molar-refractivity contribution in [1.29, 1.82) is 0 Å². The molecule has 2 aliphatic heterocycles. The maximum Gasteiger partial charge on any atom is 0.255 e. The van der Waals surface area contributed by atoms with E-state index in [4.69, 9.17) is 4.74 Å². The van der Waals surface area contributed by atoms with Crippen LogP contribution in [0.1, 0.15) is 38.5 Å². The van der Waals surface area contributed by atoms with Crippen LogP contribution in [0, 0.1) is 0 Å². The number of hydrogen-bond acceptors (Lipinski definition) is 4. The van der Waals surface area contributed by atoms with Crippen molar-refractivity contribution in [2.45, 2.75) is 56.9 Å². The van der Waals surface area contributed by atoms with Crippen molar-refractivity contribution < 1.29 is 13.9 Å². The van der Waals surface area contributed by atoms with Crippen molar-refractivity contribution in [3.05, 3.63) is 35.7 Å². The van der Waals surface area contributed by atoms with Crippen molar-refractivity contribution in [2.75, 3.05) is 26.2 Å². The second-order valence-corrected chi connectivity index (χ2v) is 7.75. The highest BCUT2D eigenvalue weighted by Gasteiger charge is 2.29. The zero-order chi connectivity index (χ0) is 18.6. The number of ether oxygens (including phenoxy) is 1. The predicted octanol–water partition coefficient (Wildman–Crippen LogP) is 3.00. The van der Waals surface area contributed by atoms with E-state index < -0.39 is 0 Å². The first-order valence-electron chi connectivity index (χ1n) is 10.1. The Morgan fingerprint density at radius 1 is 1.11 bits per heavy atom. The molecule has 0 aromatic carbocycles. The van der Waals surface area contributed by atoms with Gasteiger partial charge in [0.1, 0.15) is 5.83 Å². The molecular formula is C21H28FN3O2. The van der Waals surface area contributed by atoms with E-state index in [1.807, 2.05) is 11.0 Å². The zero-order valence-corrected chi connectivity index (χ0v) is 15.7. The highest BCUT2D eigenvalue weighted by atomic mass is 19.1. The van der Waals surface area contributed by atoms with Gasteiger partial charge in [-0.25, -0.2) is 4.39 Å². The Labute approximate surface area is 160 Å². The molecule has 2 atom stereocenters. The van der Waals surface area contributed by atoms with E-state index in [0.717, 1.165) is 38.6 Å². The van der Waals surface area contributed by atoms with Gasteiger partial charge in [0, 0.05) is 44.9 Å². The lowest BCUT2D eigenvalue weighted by Crippen LogP contribution is -2.43. The first kappa shape index (κ1) is 18.6. The van der Waals surface area contributed by atoms with Crippen LogP contribution in [0.4, 0.5) is 4.39 Å². The lowest BCUT2D eigenvalue weighted by atomic mass is 9.91. The quantitative estimate of drug-likeness (QED) is 0.761. The lowest BCUT2D eigenvalue weighted by molar-refractivity contribution is -0.126. The van der Waals surface area contributed by atoms with Crippen LogP contribution in [-0.4, -0.2) is 66.5 Å². The van der Waals surface area contributed by atoms with Gasteiger partial charge in [0.15, 0.2) is 6.23 Å². The van der Waals surface area contributed by atoms with Crippen LogP contribution in [0.5, 0.6) is 0 Å². The average Bonchev–Trinajstić information content (AvgIpc) is 2.88. The van der Waals surface area contributed by atoms with Crippen LogP contribution in [0.2, 0.25) is 0 Å². The summed E-state index contributed by atoms with van der Waals surface area (Å²) in [5.41, 5.74) is 0.664. The molecule has 0 spiro atoms. The number of carbonyl (C=O) groups is 1. The maximum absolute atomic E-state index is 13.0. The SMILES string of the molecule is O=C(C1=CCC(OC2C=CC(F)=CC2)N=C1)N1CCCN(C2CCC2)CC1. The molecule has 2 unspecified atom stereocenters. The summed E-state index contributed by atoms with van der Waals surface area (Å²) in [5, 5.41) is 0. The van der Waals surface area contributed by atoms with Gasteiger partial charge in [-0.2, -0.15) is 0 Å². The number of dihydropyridines is 1. The normalized spacial score (nSPS) is 29.7. The number of rotatable bonds is 4. The molecule has 5 nitrogen and oxygen atoms in total. The standard InChI is InChI=1S/C21H28FN3O2/c22-17-6-8-19(9-7-17)27-20-10-5-16(15-23-20)21(26)25-12-2-11-24(13-14-25)18-3-1-4-18/h5-8,15,18-20H,1-4,9-14H2. The van der Waals surface area contributed by atoms with E-state index in [1.165, 1.54) is 31.4 Å². The summed E-state index contributed by atoms with van der Waals surface area (Å²) in [7, 11) is 0. The summed E-state index contributed by atoms with van der Waals surface area (Å²) in [6.07, 6.45) is 13.9. The number of nitrogens with zero attached hydrogens (tertiary/aromatic N) is 3. The molecule has 0 aromatic heterocycles. The first-order chi connectivity index (χ1) is 13.2. The minimum atomic E-state index is -0.302. The smallest absolute Gasteiger partial charge is 0.255 e. The molecule has 0 aromatic rings. The monoisotopic (exact) mass is 373 g/mol. The first-order valence-corrected chi connectivity index (χ1v) is 10.1. The number of aliphatic imine (C=N–C) groups is 1. The van der Waals surface area contributed by atoms with E-state index >= 15 is 0 Å². The second-order valence-electron chi connectivity index (χ2n) is 7.75. The van der Waals surface area contributed by atoms with E-state index in [1.54, 1.807) is 12.3 Å². The molecule has 4 aliphatic rings. The summed E-state index contributed by atoms with van der Waals surface area (Å²) in [4.78, 5) is 21.8. The highest BCUT2D eigenvalue weighted by molar-refractivity contribution is 6.12. The van der Waals surface area contributed by atoms with Crippen molar-refractivity contribution in [1.82, 2.24) is 9.80 Å². The molecular weight excluding hydrogens is 345 g/mol. The van der Waals surface area contributed by atoms with Gasteiger partial charge in [0.2, 0.25) is 0 Å². The number of hydrogen-bond donors (Lipinski definition) is 0. The molecule has 2 aliphatic carbocycles. The Balaban J connectivity index is 1.27. The molecule has 0 N–H and O–H groups in total. The fourth-order valence-corrected chi connectivity index (χ4v) is 4.06. The molecule has 1 saturated heterocycles. The van der Waals surface area contributed by atoms with E-state index in [9.17, 15) is 9.18 Å². The van der Waals surface area contributed by atoms with Crippen LogP contribution in [0.3, 0.4) is 0 Å². The summed E-state index contributed by atoms with van der Waals surface area (Å²) in [5.74, 6) is -0.140. The maximum atomic E-state index is 13.0. The van der Waals surface area contributed by atoms with Crippen molar-refractivity contribution in [3.8, 4) is 0 Å². The fraction of sp³-hybridized carbons (Fsp3) is 0.619. The lowest BCUT2D eigenvalue weighted by Gasteiger charge is -2.36. The Bertz CT molecular complexity index is 681. The average molecular weight is 373 g/mol. The number of amides is 1. The van der Waals surface area contributed by atoms with Crippen molar-refractivity contribution in [2.24, 2.45) is 4.99 Å². The molecule has 4 rings (SSSR count). The van der Waals surface area contributed by atoms with Gasteiger partial charge in [-0.15, -0.1) is 0 Å². The van der Waals surface area contributed by atoms with E-state index in [0.29, 0.717) is 18.4 Å². The van der Waals surface area contributed by atoms with E-state index in [2.05, 4.69) is 9.89 Å². The zero-order valence-electron chi connectivity index (χ0n) is 15.7. The molecule has 1 amide bonds.